The maximum Gasteiger partial charge on any atom is 0.216 e. The van der Waals surface area contributed by atoms with Crippen molar-refractivity contribution in [2.45, 2.75) is 45.3 Å². The van der Waals surface area contributed by atoms with Gasteiger partial charge in [0.15, 0.2) is 0 Å². The van der Waals surface area contributed by atoms with E-state index in [9.17, 15) is 8.42 Å². The SMILES string of the molecule is CC(C)OCCS(=O)(=O)N1CC2CCCC(N)C2C1. The Morgan fingerprint density at radius 3 is 2.68 bits per heavy atom. The Labute approximate surface area is 116 Å². The molecule has 1 aliphatic heterocycles. The summed E-state index contributed by atoms with van der Waals surface area (Å²) >= 11 is 0. The molecular formula is C13H26N2O3S. The smallest absolute Gasteiger partial charge is 0.216 e. The maximum absolute atomic E-state index is 12.3. The van der Waals surface area contributed by atoms with E-state index in [0.29, 0.717) is 24.9 Å². The molecule has 2 rings (SSSR count). The summed E-state index contributed by atoms with van der Waals surface area (Å²) < 4.78 is 31.5. The molecule has 0 aromatic heterocycles. The molecule has 1 saturated heterocycles. The molecule has 5 nitrogen and oxygen atoms in total. The molecule has 3 atom stereocenters. The van der Waals surface area contributed by atoms with Gasteiger partial charge in [0.25, 0.3) is 0 Å². The van der Waals surface area contributed by atoms with Gasteiger partial charge in [-0.2, -0.15) is 0 Å². The summed E-state index contributed by atoms with van der Waals surface area (Å²) in [5.74, 6) is 0.902. The summed E-state index contributed by atoms with van der Waals surface area (Å²) in [6, 6.07) is 0.172. The molecule has 1 heterocycles. The van der Waals surface area contributed by atoms with Gasteiger partial charge in [-0.05, 0) is 38.5 Å². The van der Waals surface area contributed by atoms with Gasteiger partial charge in [0.1, 0.15) is 0 Å². The van der Waals surface area contributed by atoms with Crippen LogP contribution in [0.1, 0.15) is 33.1 Å². The molecule has 0 spiro atoms. The lowest BCUT2D eigenvalue weighted by molar-refractivity contribution is 0.0907. The third-order valence-corrected chi connectivity index (χ3v) is 6.07. The third-order valence-electron chi connectivity index (χ3n) is 4.31. The van der Waals surface area contributed by atoms with Crippen LogP contribution in [0.3, 0.4) is 0 Å². The van der Waals surface area contributed by atoms with E-state index < -0.39 is 10.0 Å². The number of fused-ring (bicyclic) bond motifs is 1. The second kappa shape index (κ2) is 6.08. The molecule has 1 aliphatic carbocycles. The van der Waals surface area contributed by atoms with Crippen molar-refractivity contribution in [2.24, 2.45) is 17.6 Å². The minimum Gasteiger partial charge on any atom is -0.378 e. The summed E-state index contributed by atoms with van der Waals surface area (Å²) in [4.78, 5) is 0. The molecule has 2 N–H and O–H groups in total. The summed E-state index contributed by atoms with van der Waals surface area (Å²) in [5.41, 5.74) is 6.12. The summed E-state index contributed by atoms with van der Waals surface area (Å²) in [6.45, 7) is 5.36. The second-order valence-electron chi connectivity index (χ2n) is 6.07. The summed E-state index contributed by atoms with van der Waals surface area (Å²) in [7, 11) is -3.18. The minimum absolute atomic E-state index is 0.0739. The first-order valence-corrected chi connectivity index (χ1v) is 8.86. The number of rotatable bonds is 5. The van der Waals surface area contributed by atoms with Crippen LogP contribution >= 0.6 is 0 Å². The molecule has 2 aliphatic rings. The van der Waals surface area contributed by atoms with Gasteiger partial charge in [-0.15, -0.1) is 0 Å². The molecule has 112 valence electrons. The Kier molecular flexibility index (Phi) is 4.87. The highest BCUT2D eigenvalue weighted by Crippen LogP contribution is 2.36. The molecule has 0 aromatic carbocycles. The molecule has 6 heteroatoms. The van der Waals surface area contributed by atoms with Gasteiger partial charge in [0.2, 0.25) is 10.0 Å². The van der Waals surface area contributed by atoms with Crippen molar-refractivity contribution in [1.29, 1.82) is 0 Å². The Bertz CT molecular complexity index is 397. The van der Waals surface area contributed by atoms with Crippen molar-refractivity contribution < 1.29 is 13.2 Å². The fourth-order valence-corrected chi connectivity index (χ4v) is 4.60. The lowest BCUT2D eigenvalue weighted by Gasteiger charge is -2.29. The standard InChI is InChI=1S/C13H26N2O3S/c1-10(2)18-6-7-19(16,17)15-8-11-4-3-5-13(14)12(11)9-15/h10-13H,3-9,14H2,1-2H3. The predicted molar refractivity (Wildman–Crippen MR) is 75.3 cm³/mol. The maximum atomic E-state index is 12.3. The largest absolute Gasteiger partial charge is 0.378 e. The van der Waals surface area contributed by atoms with E-state index in [4.69, 9.17) is 10.5 Å². The highest BCUT2D eigenvalue weighted by atomic mass is 32.2. The number of ether oxygens (including phenoxy) is 1. The predicted octanol–water partition coefficient (Wildman–Crippen LogP) is 0.800. The molecule has 3 unspecified atom stereocenters. The van der Waals surface area contributed by atoms with Gasteiger partial charge >= 0.3 is 0 Å². The number of hydrogen-bond acceptors (Lipinski definition) is 4. The van der Waals surface area contributed by atoms with Crippen LogP contribution in [0, 0.1) is 11.8 Å². The zero-order valence-corrected chi connectivity index (χ0v) is 12.7. The van der Waals surface area contributed by atoms with Crippen molar-refractivity contribution in [3.8, 4) is 0 Å². The van der Waals surface area contributed by atoms with Crippen LogP contribution in [-0.2, 0) is 14.8 Å². The van der Waals surface area contributed by atoms with Crippen molar-refractivity contribution in [2.75, 3.05) is 25.4 Å². The molecule has 0 aromatic rings. The van der Waals surface area contributed by atoms with Crippen molar-refractivity contribution >= 4 is 10.0 Å². The third kappa shape index (κ3) is 3.68. The normalized spacial score (nSPS) is 32.7. The van der Waals surface area contributed by atoms with Crippen molar-refractivity contribution in [3.05, 3.63) is 0 Å². The van der Waals surface area contributed by atoms with E-state index in [0.717, 1.165) is 19.3 Å². The van der Waals surface area contributed by atoms with Crippen molar-refractivity contribution in [3.63, 3.8) is 0 Å². The van der Waals surface area contributed by atoms with E-state index >= 15 is 0 Å². The molecule has 0 amide bonds. The first-order chi connectivity index (χ1) is 8.90. The Morgan fingerprint density at radius 1 is 1.32 bits per heavy atom. The minimum atomic E-state index is -3.18. The number of hydrogen-bond donors (Lipinski definition) is 1. The van der Waals surface area contributed by atoms with E-state index in [1.807, 2.05) is 13.8 Å². The first-order valence-electron chi connectivity index (χ1n) is 7.25. The highest BCUT2D eigenvalue weighted by molar-refractivity contribution is 7.89. The van der Waals surface area contributed by atoms with Crippen LogP contribution in [0.5, 0.6) is 0 Å². The van der Waals surface area contributed by atoms with Crippen LogP contribution in [0.25, 0.3) is 0 Å². The monoisotopic (exact) mass is 290 g/mol. The summed E-state index contributed by atoms with van der Waals surface area (Å²) in [6.07, 6.45) is 3.36. The van der Waals surface area contributed by atoms with Crippen LogP contribution in [0.15, 0.2) is 0 Å². The fraction of sp³-hybridized carbons (Fsp3) is 1.00. The molecular weight excluding hydrogens is 264 g/mol. The lowest BCUT2D eigenvalue weighted by atomic mass is 9.78. The topological polar surface area (TPSA) is 72.6 Å². The van der Waals surface area contributed by atoms with Gasteiger partial charge in [-0.3, -0.25) is 0 Å². The average molecular weight is 290 g/mol. The van der Waals surface area contributed by atoms with Gasteiger partial charge in [0, 0.05) is 19.1 Å². The van der Waals surface area contributed by atoms with Crippen LogP contribution in [0.4, 0.5) is 0 Å². The van der Waals surface area contributed by atoms with Crippen LogP contribution in [0.2, 0.25) is 0 Å². The Morgan fingerprint density at radius 2 is 2.05 bits per heavy atom. The second-order valence-corrected chi connectivity index (χ2v) is 8.16. The molecule has 0 radical (unpaired) electrons. The van der Waals surface area contributed by atoms with Crippen LogP contribution < -0.4 is 5.73 Å². The average Bonchev–Trinajstić information content (AvgIpc) is 2.74. The Balaban J connectivity index is 1.91. The zero-order chi connectivity index (χ0) is 14.0. The zero-order valence-electron chi connectivity index (χ0n) is 11.9. The van der Waals surface area contributed by atoms with E-state index in [2.05, 4.69) is 0 Å². The van der Waals surface area contributed by atoms with E-state index in [-0.39, 0.29) is 24.5 Å². The van der Waals surface area contributed by atoms with Gasteiger partial charge < -0.3 is 10.5 Å². The fourth-order valence-electron chi connectivity index (χ4n) is 3.22. The molecule has 1 saturated carbocycles. The van der Waals surface area contributed by atoms with E-state index in [1.165, 1.54) is 0 Å². The first kappa shape index (κ1) is 15.2. The van der Waals surface area contributed by atoms with Gasteiger partial charge in [0.05, 0.1) is 18.5 Å². The van der Waals surface area contributed by atoms with Crippen molar-refractivity contribution in [1.82, 2.24) is 4.31 Å². The quantitative estimate of drug-likeness (QED) is 0.813. The van der Waals surface area contributed by atoms with E-state index in [1.54, 1.807) is 4.31 Å². The van der Waals surface area contributed by atoms with Crippen LogP contribution in [-0.4, -0.2) is 50.3 Å². The molecule has 0 bridgehead atoms. The Hall–Kier alpha value is -0.170. The lowest BCUT2D eigenvalue weighted by Crippen LogP contribution is -2.38. The van der Waals surface area contributed by atoms with Gasteiger partial charge in [-0.1, -0.05) is 6.42 Å². The summed E-state index contributed by atoms with van der Waals surface area (Å²) in [5, 5.41) is 0. The number of nitrogens with two attached hydrogens (primary N) is 1. The molecule has 19 heavy (non-hydrogen) atoms. The highest BCUT2D eigenvalue weighted by Gasteiger charge is 2.42. The molecule has 2 fully saturated rings. The number of sulfonamides is 1. The number of nitrogens with zero attached hydrogens (tertiary/aromatic N) is 1. The van der Waals surface area contributed by atoms with Gasteiger partial charge in [-0.25, -0.2) is 12.7 Å².